The van der Waals surface area contributed by atoms with Crippen LogP contribution in [-0.2, 0) is 25.7 Å². The Labute approximate surface area is 215 Å². The van der Waals surface area contributed by atoms with Crippen LogP contribution in [0, 0.1) is 0 Å². The maximum atomic E-state index is 13.8. The molecule has 194 valence electrons. The molecule has 0 radical (unpaired) electrons. The summed E-state index contributed by atoms with van der Waals surface area (Å²) in [6, 6.07) is 6.88. The number of phenolic OH excluding ortho intramolecular Hbond substituents is 2. The first-order valence-electron chi connectivity index (χ1n) is 12.3. The van der Waals surface area contributed by atoms with Crippen molar-refractivity contribution in [1.29, 1.82) is 0 Å². The van der Waals surface area contributed by atoms with Crippen molar-refractivity contribution in [2.45, 2.75) is 53.4 Å². The molecule has 3 aromatic rings. The van der Waals surface area contributed by atoms with Crippen LogP contribution < -0.4 is 11.5 Å². The largest absolute Gasteiger partial charge is 0.505 e. The lowest BCUT2D eigenvalue weighted by Gasteiger charge is -2.18. The molecule has 0 saturated carbocycles. The molecule has 8 heteroatoms. The summed E-state index contributed by atoms with van der Waals surface area (Å²) >= 11 is 0. The molecule has 3 aromatic carbocycles. The van der Waals surface area contributed by atoms with Gasteiger partial charge < -0.3 is 26.8 Å². The molecule has 0 atom stereocenters. The van der Waals surface area contributed by atoms with Crippen molar-refractivity contribution in [2.75, 3.05) is 11.5 Å². The van der Waals surface area contributed by atoms with Crippen LogP contribution >= 0.6 is 0 Å². The highest BCUT2D eigenvalue weighted by Crippen LogP contribution is 2.37. The first-order chi connectivity index (χ1) is 17.5. The van der Waals surface area contributed by atoms with Gasteiger partial charge in [-0.2, -0.15) is 0 Å². The van der Waals surface area contributed by atoms with Crippen molar-refractivity contribution in [3.05, 3.63) is 80.4 Å². The van der Waals surface area contributed by atoms with Crippen LogP contribution in [0.4, 0.5) is 11.4 Å². The van der Waals surface area contributed by atoms with Crippen LogP contribution in [0.25, 0.3) is 0 Å². The topological polar surface area (TPSA) is 164 Å². The van der Waals surface area contributed by atoms with E-state index in [4.69, 9.17) is 11.5 Å². The van der Waals surface area contributed by atoms with Crippen LogP contribution in [-0.4, -0.2) is 32.9 Å². The van der Waals surface area contributed by atoms with Gasteiger partial charge in [0, 0.05) is 11.1 Å². The number of carbonyl (C=O) groups excluding carboxylic acids is 2. The second kappa shape index (κ2) is 10.7. The van der Waals surface area contributed by atoms with E-state index in [0.717, 1.165) is 16.7 Å². The summed E-state index contributed by atoms with van der Waals surface area (Å²) in [5.41, 5.74) is 13.9. The van der Waals surface area contributed by atoms with E-state index in [1.54, 1.807) is 0 Å². The van der Waals surface area contributed by atoms with Gasteiger partial charge in [-0.1, -0.05) is 39.8 Å². The highest BCUT2D eigenvalue weighted by atomic mass is 16.4. The van der Waals surface area contributed by atoms with Gasteiger partial charge in [-0.15, -0.1) is 0 Å². The van der Waals surface area contributed by atoms with E-state index in [2.05, 4.69) is 0 Å². The monoisotopic (exact) mass is 504 g/mol. The summed E-state index contributed by atoms with van der Waals surface area (Å²) in [4.78, 5) is 39.7. The molecule has 0 aliphatic heterocycles. The SMILES string of the molecule is CCc1cc(C(=O)c2cccc(C(=O)O)c2C(=O)c2cc(CC)c(CC)c(N)c2O)c(O)c(N)c1CC. The first-order valence-corrected chi connectivity index (χ1v) is 12.3. The molecule has 0 bridgehead atoms. The number of carboxylic acid groups (broad SMARTS) is 1. The van der Waals surface area contributed by atoms with Crippen molar-refractivity contribution in [1.82, 2.24) is 0 Å². The van der Waals surface area contributed by atoms with Crippen LogP contribution in [0.2, 0.25) is 0 Å². The summed E-state index contributed by atoms with van der Waals surface area (Å²) in [6.45, 7) is 7.51. The molecule has 3 rings (SSSR count). The van der Waals surface area contributed by atoms with Crippen LogP contribution in [0.1, 0.15) is 92.1 Å². The molecule has 8 nitrogen and oxygen atoms in total. The maximum Gasteiger partial charge on any atom is 0.336 e. The van der Waals surface area contributed by atoms with Crippen molar-refractivity contribution in [2.24, 2.45) is 0 Å². The smallest absolute Gasteiger partial charge is 0.336 e. The number of nitrogens with two attached hydrogens (primary N) is 2. The zero-order valence-electron chi connectivity index (χ0n) is 21.4. The molecule has 0 aromatic heterocycles. The average Bonchev–Trinajstić information content (AvgIpc) is 2.89. The van der Waals surface area contributed by atoms with E-state index in [1.807, 2.05) is 27.7 Å². The van der Waals surface area contributed by atoms with Gasteiger partial charge >= 0.3 is 5.97 Å². The van der Waals surface area contributed by atoms with E-state index < -0.39 is 40.2 Å². The number of benzene rings is 3. The van der Waals surface area contributed by atoms with Crippen molar-refractivity contribution in [3.63, 3.8) is 0 Å². The van der Waals surface area contributed by atoms with Gasteiger partial charge in [0.2, 0.25) is 0 Å². The summed E-state index contributed by atoms with van der Waals surface area (Å²) in [7, 11) is 0. The van der Waals surface area contributed by atoms with Gasteiger partial charge in [0.1, 0.15) is 11.5 Å². The van der Waals surface area contributed by atoms with E-state index >= 15 is 0 Å². The molecule has 0 unspecified atom stereocenters. The number of phenols is 2. The minimum absolute atomic E-state index is 0.0408. The fraction of sp³-hybridized carbons (Fsp3) is 0.276. The second-order valence-corrected chi connectivity index (χ2v) is 8.75. The molecule has 0 amide bonds. The lowest BCUT2D eigenvalue weighted by Crippen LogP contribution is -2.18. The summed E-state index contributed by atoms with van der Waals surface area (Å²) in [5, 5.41) is 31.5. The Kier molecular flexibility index (Phi) is 7.91. The van der Waals surface area contributed by atoms with E-state index in [-0.39, 0.29) is 28.1 Å². The Hall–Kier alpha value is -4.33. The third kappa shape index (κ3) is 4.62. The van der Waals surface area contributed by atoms with E-state index in [0.29, 0.717) is 31.2 Å². The van der Waals surface area contributed by atoms with Gasteiger partial charge in [-0.05, 0) is 66.1 Å². The van der Waals surface area contributed by atoms with E-state index in [1.165, 1.54) is 30.3 Å². The minimum atomic E-state index is -1.43. The molecule has 37 heavy (non-hydrogen) atoms. The summed E-state index contributed by atoms with van der Waals surface area (Å²) < 4.78 is 0. The number of hydrogen-bond acceptors (Lipinski definition) is 7. The molecule has 0 saturated heterocycles. The number of hydrogen-bond donors (Lipinski definition) is 5. The number of nitrogen functional groups attached to an aromatic ring is 2. The van der Waals surface area contributed by atoms with Crippen LogP contribution in [0.15, 0.2) is 30.3 Å². The molecular weight excluding hydrogens is 472 g/mol. The molecule has 0 fully saturated rings. The maximum absolute atomic E-state index is 13.8. The van der Waals surface area contributed by atoms with Gasteiger partial charge in [-0.25, -0.2) is 4.79 Å². The fourth-order valence-corrected chi connectivity index (χ4v) is 4.84. The third-order valence-electron chi connectivity index (χ3n) is 6.81. The quantitative estimate of drug-likeness (QED) is 0.159. The number of aromatic hydroxyl groups is 2. The lowest BCUT2D eigenvalue weighted by molar-refractivity contribution is 0.0692. The molecule has 0 aliphatic rings. The van der Waals surface area contributed by atoms with Crippen molar-refractivity contribution >= 4 is 28.9 Å². The van der Waals surface area contributed by atoms with Crippen molar-refractivity contribution < 1.29 is 29.7 Å². The van der Waals surface area contributed by atoms with Gasteiger partial charge in [0.05, 0.1) is 28.1 Å². The fourth-order valence-electron chi connectivity index (χ4n) is 4.84. The zero-order valence-corrected chi connectivity index (χ0v) is 21.4. The predicted molar refractivity (Wildman–Crippen MR) is 143 cm³/mol. The number of carboxylic acids is 1. The highest BCUT2D eigenvalue weighted by molar-refractivity contribution is 6.24. The Morgan fingerprint density at radius 3 is 1.51 bits per heavy atom. The normalized spacial score (nSPS) is 10.9. The van der Waals surface area contributed by atoms with Crippen LogP contribution in [0.3, 0.4) is 0 Å². The number of carbonyl (C=O) groups is 3. The Balaban J connectivity index is 2.33. The third-order valence-corrected chi connectivity index (χ3v) is 6.81. The molecule has 0 spiro atoms. The molecule has 0 heterocycles. The highest BCUT2D eigenvalue weighted by Gasteiger charge is 2.30. The van der Waals surface area contributed by atoms with Crippen LogP contribution in [0.5, 0.6) is 11.5 Å². The molecule has 7 N–H and O–H groups in total. The molecule has 0 aliphatic carbocycles. The average molecular weight is 505 g/mol. The summed E-state index contributed by atoms with van der Waals surface area (Å²) in [5.74, 6) is -3.94. The lowest BCUT2D eigenvalue weighted by atomic mass is 9.86. The van der Waals surface area contributed by atoms with Gasteiger partial charge in [-0.3, -0.25) is 9.59 Å². The Morgan fingerprint density at radius 1 is 0.676 bits per heavy atom. The number of aryl methyl sites for hydroxylation is 2. The Morgan fingerprint density at radius 2 is 1.11 bits per heavy atom. The number of aromatic carboxylic acids is 1. The van der Waals surface area contributed by atoms with E-state index in [9.17, 15) is 29.7 Å². The number of ketones is 2. The number of anilines is 2. The van der Waals surface area contributed by atoms with Gasteiger partial charge in [0.25, 0.3) is 0 Å². The summed E-state index contributed by atoms with van der Waals surface area (Å²) in [6.07, 6.45) is 2.15. The zero-order chi connectivity index (χ0) is 27.6. The Bertz CT molecular complexity index is 1420. The van der Waals surface area contributed by atoms with Gasteiger partial charge in [0.15, 0.2) is 11.6 Å². The predicted octanol–water partition coefficient (Wildman–Crippen LogP) is 4.67. The standard InChI is InChI=1S/C29H32N2O6/c1-5-14-12-20(27(34)23(30)16(14)7-3)25(32)18-10-9-11-19(29(36)37)22(18)26(33)21-13-15(6-2)17(8-4)24(31)28(21)35/h9-13,34-35H,5-8,30-31H2,1-4H3,(H,36,37). The first kappa shape index (κ1) is 27.3. The van der Waals surface area contributed by atoms with Crippen molar-refractivity contribution in [3.8, 4) is 11.5 Å². The minimum Gasteiger partial charge on any atom is -0.505 e. The molecular formula is C29H32N2O6. The number of rotatable bonds is 9. The second-order valence-electron chi connectivity index (χ2n) is 8.75.